The molecule has 0 aliphatic carbocycles. The molecule has 0 unspecified atom stereocenters. The summed E-state index contributed by atoms with van der Waals surface area (Å²) in [6.45, 7) is 5.26. The molecule has 112 valence electrons. The number of nitrogens with zero attached hydrogens (tertiary/aromatic N) is 1. The summed E-state index contributed by atoms with van der Waals surface area (Å²) in [6.07, 6.45) is 0. The average Bonchev–Trinajstić information content (AvgIpc) is 2.44. The minimum atomic E-state index is -0.986. The molecule has 2 aromatic rings. The highest BCUT2D eigenvalue weighted by Crippen LogP contribution is 2.26. The highest BCUT2D eigenvalue weighted by Gasteiger charge is 2.38. The van der Waals surface area contributed by atoms with Crippen molar-refractivity contribution in [3.05, 3.63) is 40.0 Å². The molecule has 6 nitrogen and oxygen atoms in total. The van der Waals surface area contributed by atoms with Crippen molar-refractivity contribution in [3.8, 4) is 0 Å². The van der Waals surface area contributed by atoms with E-state index in [0.29, 0.717) is 11.0 Å². The third kappa shape index (κ3) is 2.67. The van der Waals surface area contributed by atoms with Crippen LogP contribution in [0.1, 0.15) is 25.3 Å². The van der Waals surface area contributed by atoms with E-state index in [-0.39, 0.29) is 5.89 Å². The highest BCUT2D eigenvalue weighted by atomic mass is 16.5. The zero-order valence-corrected chi connectivity index (χ0v) is 12.5. The Labute approximate surface area is 121 Å². The van der Waals surface area contributed by atoms with Gasteiger partial charge in [0, 0.05) is 0 Å². The zero-order valence-electron chi connectivity index (χ0n) is 12.5. The van der Waals surface area contributed by atoms with Crippen molar-refractivity contribution < 1.29 is 13.9 Å². The molecule has 0 bridgehead atoms. The van der Waals surface area contributed by atoms with E-state index in [0.717, 1.165) is 5.56 Å². The van der Waals surface area contributed by atoms with E-state index in [2.05, 4.69) is 9.72 Å². The lowest BCUT2D eigenvalue weighted by atomic mass is 9.84. The first-order valence-electron chi connectivity index (χ1n) is 6.52. The summed E-state index contributed by atoms with van der Waals surface area (Å²) >= 11 is 0. The molecule has 1 aromatic heterocycles. The fraction of sp³-hybridized carbons (Fsp3) is 0.400. The number of esters is 1. The van der Waals surface area contributed by atoms with E-state index in [1.165, 1.54) is 7.11 Å². The topological polar surface area (TPSA) is 95.4 Å². The van der Waals surface area contributed by atoms with Gasteiger partial charge in [-0.1, -0.05) is 6.07 Å². The van der Waals surface area contributed by atoms with Gasteiger partial charge in [-0.25, -0.2) is 0 Å². The van der Waals surface area contributed by atoms with Crippen LogP contribution in [0.15, 0.2) is 27.4 Å². The SMILES string of the molecule is COC(=O)[C@@H](N)C(C)(C)c1nc(=O)c2ccc(C)cc2o1. The lowest BCUT2D eigenvalue weighted by Crippen LogP contribution is -2.48. The van der Waals surface area contributed by atoms with Gasteiger partial charge in [0.05, 0.1) is 17.9 Å². The summed E-state index contributed by atoms with van der Waals surface area (Å²) in [5.74, 6) is -0.475. The number of fused-ring (bicyclic) bond motifs is 1. The fourth-order valence-electron chi connectivity index (χ4n) is 2.00. The molecule has 0 aliphatic heterocycles. The number of rotatable bonds is 3. The molecule has 0 fully saturated rings. The van der Waals surface area contributed by atoms with Gasteiger partial charge in [-0.3, -0.25) is 9.59 Å². The Morgan fingerprint density at radius 2 is 2.10 bits per heavy atom. The monoisotopic (exact) mass is 290 g/mol. The van der Waals surface area contributed by atoms with Crippen LogP contribution in [-0.4, -0.2) is 24.1 Å². The van der Waals surface area contributed by atoms with Crippen LogP contribution in [0.3, 0.4) is 0 Å². The van der Waals surface area contributed by atoms with Gasteiger partial charge < -0.3 is 14.9 Å². The van der Waals surface area contributed by atoms with Gasteiger partial charge in [-0.2, -0.15) is 4.98 Å². The number of aryl methyl sites for hydroxylation is 1. The average molecular weight is 290 g/mol. The number of methoxy groups -OCH3 is 1. The second-order valence-corrected chi connectivity index (χ2v) is 5.55. The summed E-state index contributed by atoms with van der Waals surface area (Å²) < 4.78 is 10.4. The maximum absolute atomic E-state index is 12.1. The molecule has 1 atom stereocenters. The molecule has 2 rings (SSSR count). The van der Waals surface area contributed by atoms with Crippen LogP contribution in [0.2, 0.25) is 0 Å². The van der Waals surface area contributed by atoms with Crippen LogP contribution >= 0.6 is 0 Å². The second-order valence-electron chi connectivity index (χ2n) is 5.55. The Kier molecular flexibility index (Phi) is 3.82. The van der Waals surface area contributed by atoms with Crippen molar-refractivity contribution >= 4 is 16.9 Å². The second kappa shape index (κ2) is 5.29. The number of nitrogens with two attached hydrogens (primary N) is 1. The number of ether oxygens (including phenoxy) is 1. The number of benzene rings is 1. The summed E-state index contributed by atoms with van der Waals surface area (Å²) in [5.41, 5.74) is 5.89. The molecular formula is C15H18N2O4. The molecule has 2 N–H and O–H groups in total. The molecule has 0 amide bonds. The van der Waals surface area contributed by atoms with Crippen molar-refractivity contribution in [2.75, 3.05) is 7.11 Å². The van der Waals surface area contributed by atoms with Crippen LogP contribution in [-0.2, 0) is 14.9 Å². The molecule has 6 heteroatoms. The van der Waals surface area contributed by atoms with Crippen LogP contribution in [0.25, 0.3) is 11.0 Å². The maximum atomic E-state index is 12.1. The number of aromatic nitrogens is 1. The Balaban J connectivity index is 2.61. The quantitative estimate of drug-likeness (QED) is 0.855. The minimum Gasteiger partial charge on any atom is -0.468 e. The standard InChI is InChI=1S/C15H18N2O4/c1-8-5-6-9-10(7-8)21-14(17-12(9)18)15(2,3)11(16)13(19)20-4/h5-7,11H,16H2,1-4H3/t11-/m1/s1. The summed E-state index contributed by atoms with van der Waals surface area (Å²) in [5, 5.41) is 0.395. The Hall–Kier alpha value is -2.21. The summed E-state index contributed by atoms with van der Waals surface area (Å²) in [6, 6.07) is 4.24. The number of carbonyl (C=O) groups is 1. The van der Waals surface area contributed by atoms with Crippen molar-refractivity contribution in [1.29, 1.82) is 0 Å². The van der Waals surface area contributed by atoms with E-state index < -0.39 is 23.0 Å². The van der Waals surface area contributed by atoms with Gasteiger partial charge in [-0.15, -0.1) is 0 Å². The summed E-state index contributed by atoms with van der Waals surface area (Å²) in [4.78, 5) is 27.7. The van der Waals surface area contributed by atoms with Gasteiger partial charge in [0.2, 0.25) is 5.89 Å². The van der Waals surface area contributed by atoms with Gasteiger partial charge in [0.15, 0.2) is 0 Å². The van der Waals surface area contributed by atoms with Crippen molar-refractivity contribution in [3.63, 3.8) is 0 Å². The molecule has 1 heterocycles. The number of hydrogen-bond donors (Lipinski definition) is 1. The Morgan fingerprint density at radius 3 is 2.71 bits per heavy atom. The van der Waals surface area contributed by atoms with Crippen molar-refractivity contribution in [2.45, 2.75) is 32.2 Å². The first kappa shape index (κ1) is 15.2. The lowest BCUT2D eigenvalue weighted by molar-refractivity contribution is -0.144. The molecule has 0 saturated carbocycles. The largest absolute Gasteiger partial charge is 0.468 e. The fourth-order valence-corrected chi connectivity index (χ4v) is 2.00. The van der Waals surface area contributed by atoms with Gasteiger partial charge in [0.1, 0.15) is 11.6 Å². The molecule has 0 radical (unpaired) electrons. The first-order valence-corrected chi connectivity index (χ1v) is 6.52. The van der Waals surface area contributed by atoms with E-state index in [1.54, 1.807) is 26.0 Å². The molecule has 0 spiro atoms. The first-order chi connectivity index (χ1) is 9.77. The van der Waals surface area contributed by atoms with Crippen LogP contribution in [0, 0.1) is 6.92 Å². The normalized spacial score (nSPS) is 13.2. The van der Waals surface area contributed by atoms with E-state index in [1.807, 2.05) is 13.0 Å². The molecular weight excluding hydrogens is 272 g/mol. The smallest absolute Gasteiger partial charge is 0.323 e. The molecule has 0 saturated heterocycles. The maximum Gasteiger partial charge on any atom is 0.323 e. The lowest BCUT2D eigenvalue weighted by Gasteiger charge is -2.27. The summed E-state index contributed by atoms with van der Waals surface area (Å²) in [7, 11) is 1.26. The Bertz CT molecular complexity index is 749. The van der Waals surface area contributed by atoms with Crippen LogP contribution in [0.4, 0.5) is 0 Å². The van der Waals surface area contributed by atoms with Crippen molar-refractivity contribution in [2.24, 2.45) is 5.73 Å². The van der Waals surface area contributed by atoms with E-state index in [9.17, 15) is 9.59 Å². The Morgan fingerprint density at radius 1 is 1.43 bits per heavy atom. The van der Waals surface area contributed by atoms with E-state index in [4.69, 9.17) is 10.2 Å². The third-order valence-electron chi connectivity index (χ3n) is 3.56. The number of carbonyl (C=O) groups excluding carboxylic acids is 1. The minimum absolute atomic E-state index is 0.114. The number of hydrogen-bond acceptors (Lipinski definition) is 6. The van der Waals surface area contributed by atoms with Crippen LogP contribution < -0.4 is 11.3 Å². The third-order valence-corrected chi connectivity index (χ3v) is 3.56. The van der Waals surface area contributed by atoms with Crippen molar-refractivity contribution in [1.82, 2.24) is 4.98 Å². The molecule has 0 aliphatic rings. The predicted molar refractivity (Wildman–Crippen MR) is 78.0 cm³/mol. The zero-order chi connectivity index (χ0) is 15.8. The molecule has 21 heavy (non-hydrogen) atoms. The predicted octanol–water partition coefficient (Wildman–Crippen LogP) is 1.27. The van der Waals surface area contributed by atoms with E-state index >= 15 is 0 Å². The van der Waals surface area contributed by atoms with Crippen LogP contribution in [0.5, 0.6) is 0 Å². The van der Waals surface area contributed by atoms with Gasteiger partial charge >= 0.3 is 5.97 Å². The molecule has 1 aromatic carbocycles. The van der Waals surface area contributed by atoms with Gasteiger partial charge in [0.25, 0.3) is 5.56 Å². The highest BCUT2D eigenvalue weighted by molar-refractivity contribution is 5.78. The van der Waals surface area contributed by atoms with Gasteiger partial charge in [-0.05, 0) is 38.5 Å².